The van der Waals surface area contributed by atoms with E-state index in [1.165, 1.54) is 17.7 Å². The van der Waals surface area contributed by atoms with E-state index in [1.54, 1.807) is 10.6 Å². The van der Waals surface area contributed by atoms with Gasteiger partial charge in [0.25, 0.3) is 5.91 Å². The molecular weight excluding hydrogens is 531 g/mol. The Morgan fingerprint density at radius 1 is 0.927 bits per heavy atom. The first-order valence-corrected chi connectivity index (χ1v) is 13.9. The molecule has 2 aromatic carbocycles. The number of alkyl halides is 3. The summed E-state index contributed by atoms with van der Waals surface area (Å²) in [6.45, 7) is 2.36. The van der Waals surface area contributed by atoms with Crippen LogP contribution in [0.4, 0.5) is 13.2 Å². The van der Waals surface area contributed by atoms with Crippen molar-refractivity contribution >= 4 is 17.5 Å². The summed E-state index contributed by atoms with van der Waals surface area (Å²) in [6.07, 6.45) is 3.87. The molecule has 1 amide bonds. The van der Waals surface area contributed by atoms with E-state index in [1.807, 2.05) is 25.3 Å². The van der Waals surface area contributed by atoms with Crippen LogP contribution in [0.1, 0.15) is 72.1 Å². The Balaban J connectivity index is 1.19. The minimum Gasteiger partial charge on any atom is -0.466 e. The highest BCUT2D eigenvalue weighted by molar-refractivity contribution is 5.92. The van der Waals surface area contributed by atoms with Crippen molar-refractivity contribution < 1.29 is 27.5 Å². The van der Waals surface area contributed by atoms with Gasteiger partial charge in [-0.1, -0.05) is 36.4 Å². The molecular formula is C32H32F3N3O3. The summed E-state index contributed by atoms with van der Waals surface area (Å²) in [4.78, 5) is 28.9. The largest absolute Gasteiger partial charge is 0.466 e. The number of halogens is 3. The molecule has 5 rings (SSSR count). The highest BCUT2D eigenvalue weighted by atomic mass is 19.4. The van der Waals surface area contributed by atoms with Gasteiger partial charge in [0.1, 0.15) is 11.3 Å². The van der Waals surface area contributed by atoms with Gasteiger partial charge in [0.05, 0.1) is 12.2 Å². The second-order valence-electron chi connectivity index (χ2n) is 10.5. The number of nitrogens with zero attached hydrogens (tertiary/aromatic N) is 2. The summed E-state index contributed by atoms with van der Waals surface area (Å²) in [5, 5.41) is 2.72. The molecule has 0 spiro atoms. The SMILES string of the molecule is CCOC(=O)CC1CCC(c2ccc(-c3ccc4nc(C(=O)NCc5ccc(C(F)(F)F)cc5)cn4c3)cc2)CC1. The van der Waals surface area contributed by atoms with Crippen LogP contribution in [-0.4, -0.2) is 27.9 Å². The molecule has 1 aliphatic carbocycles. The van der Waals surface area contributed by atoms with Crippen molar-refractivity contribution in [2.75, 3.05) is 6.61 Å². The average Bonchev–Trinajstić information content (AvgIpc) is 3.40. The number of esters is 1. The number of rotatable bonds is 8. The van der Waals surface area contributed by atoms with Gasteiger partial charge in [-0.05, 0) is 91.0 Å². The Hall–Kier alpha value is -4.14. The Labute approximate surface area is 236 Å². The number of ether oxygens (including phenoxy) is 1. The molecule has 0 atom stereocenters. The fourth-order valence-corrected chi connectivity index (χ4v) is 5.46. The van der Waals surface area contributed by atoms with E-state index in [0.717, 1.165) is 48.9 Å². The molecule has 0 unspecified atom stereocenters. The molecule has 9 heteroatoms. The molecule has 1 fully saturated rings. The predicted molar refractivity (Wildman–Crippen MR) is 149 cm³/mol. The zero-order valence-corrected chi connectivity index (χ0v) is 22.8. The van der Waals surface area contributed by atoms with Crippen molar-refractivity contribution in [3.8, 4) is 11.1 Å². The fourth-order valence-electron chi connectivity index (χ4n) is 5.46. The molecule has 0 radical (unpaired) electrons. The summed E-state index contributed by atoms with van der Waals surface area (Å²) >= 11 is 0. The van der Waals surface area contributed by atoms with Gasteiger partial charge in [-0.25, -0.2) is 4.98 Å². The summed E-state index contributed by atoms with van der Waals surface area (Å²) in [6, 6.07) is 17.1. The van der Waals surface area contributed by atoms with Gasteiger partial charge in [-0.2, -0.15) is 13.2 Å². The number of benzene rings is 2. The van der Waals surface area contributed by atoms with Gasteiger partial charge < -0.3 is 14.5 Å². The van der Waals surface area contributed by atoms with Crippen molar-refractivity contribution in [1.29, 1.82) is 0 Å². The fraction of sp³-hybridized carbons (Fsp3) is 0.344. The van der Waals surface area contributed by atoms with Crippen LogP contribution in [0.2, 0.25) is 0 Å². The Morgan fingerprint density at radius 3 is 2.27 bits per heavy atom. The highest BCUT2D eigenvalue weighted by Gasteiger charge is 2.30. The van der Waals surface area contributed by atoms with Crippen LogP contribution in [0, 0.1) is 5.92 Å². The number of pyridine rings is 1. The molecule has 6 nitrogen and oxygen atoms in total. The number of nitrogens with one attached hydrogen (secondary N) is 1. The van der Waals surface area contributed by atoms with E-state index in [4.69, 9.17) is 4.74 Å². The minimum absolute atomic E-state index is 0.0927. The standard InChI is InChI=1S/C32H32F3N3O3/c1-2-41-30(39)17-21-3-7-23(8-4-21)24-9-11-25(12-10-24)26-13-16-29-37-28(20-38(29)19-26)31(40)36-18-22-5-14-27(15-6-22)32(33,34)35/h5-6,9-16,19-21,23H,2-4,7-8,17-18H2,1H3,(H,36,40). The first kappa shape index (κ1) is 28.4. The molecule has 2 heterocycles. The van der Waals surface area contributed by atoms with E-state index >= 15 is 0 Å². The second kappa shape index (κ2) is 12.2. The molecule has 2 aromatic heterocycles. The number of hydrogen-bond acceptors (Lipinski definition) is 4. The van der Waals surface area contributed by atoms with E-state index < -0.39 is 17.6 Å². The lowest BCUT2D eigenvalue weighted by molar-refractivity contribution is -0.144. The van der Waals surface area contributed by atoms with Crippen molar-refractivity contribution in [2.45, 2.75) is 57.7 Å². The number of hydrogen-bond donors (Lipinski definition) is 1. The molecule has 0 saturated heterocycles. The topological polar surface area (TPSA) is 72.7 Å². The zero-order chi connectivity index (χ0) is 29.0. The molecule has 1 saturated carbocycles. The Bertz CT molecular complexity index is 1500. The third-order valence-electron chi connectivity index (χ3n) is 7.74. The number of fused-ring (bicyclic) bond motifs is 1. The lowest BCUT2D eigenvalue weighted by Gasteiger charge is -2.28. The minimum atomic E-state index is -4.40. The number of aromatic nitrogens is 2. The summed E-state index contributed by atoms with van der Waals surface area (Å²) < 4.78 is 45.2. The summed E-state index contributed by atoms with van der Waals surface area (Å²) in [7, 11) is 0. The van der Waals surface area contributed by atoms with Crippen molar-refractivity contribution in [2.24, 2.45) is 5.92 Å². The molecule has 1 N–H and O–H groups in total. The van der Waals surface area contributed by atoms with Crippen LogP contribution < -0.4 is 5.32 Å². The first-order valence-electron chi connectivity index (χ1n) is 13.9. The van der Waals surface area contributed by atoms with Gasteiger partial charge in [0.15, 0.2) is 0 Å². The van der Waals surface area contributed by atoms with Crippen molar-refractivity contribution in [3.05, 3.63) is 95.4 Å². The monoisotopic (exact) mass is 563 g/mol. The maximum Gasteiger partial charge on any atom is 0.416 e. The van der Waals surface area contributed by atoms with E-state index in [-0.39, 0.29) is 18.2 Å². The number of carbonyl (C=O) groups excluding carboxylic acids is 2. The van der Waals surface area contributed by atoms with Gasteiger partial charge >= 0.3 is 12.1 Å². The van der Waals surface area contributed by atoms with Crippen molar-refractivity contribution in [1.82, 2.24) is 14.7 Å². The zero-order valence-electron chi connectivity index (χ0n) is 22.8. The number of amides is 1. The normalized spacial score (nSPS) is 17.4. The Morgan fingerprint density at radius 2 is 1.61 bits per heavy atom. The quantitative estimate of drug-likeness (QED) is 0.231. The second-order valence-corrected chi connectivity index (χ2v) is 10.5. The third kappa shape index (κ3) is 6.96. The van der Waals surface area contributed by atoms with Crippen molar-refractivity contribution in [3.63, 3.8) is 0 Å². The first-order chi connectivity index (χ1) is 19.7. The smallest absolute Gasteiger partial charge is 0.416 e. The molecule has 0 aliphatic heterocycles. The van der Waals surface area contributed by atoms with Gasteiger partial charge in [-0.15, -0.1) is 0 Å². The van der Waals surface area contributed by atoms with E-state index in [0.29, 0.717) is 36.1 Å². The van der Waals surface area contributed by atoms with Crippen LogP contribution in [0.15, 0.2) is 73.1 Å². The third-order valence-corrected chi connectivity index (χ3v) is 7.74. The molecule has 214 valence electrons. The molecule has 41 heavy (non-hydrogen) atoms. The van der Waals surface area contributed by atoms with E-state index in [2.05, 4.69) is 34.6 Å². The Kier molecular flexibility index (Phi) is 8.42. The van der Waals surface area contributed by atoms with Gasteiger partial charge in [0, 0.05) is 25.4 Å². The average molecular weight is 564 g/mol. The molecule has 4 aromatic rings. The van der Waals surface area contributed by atoms with Gasteiger partial charge in [-0.3, -0.25) is 9.59 Å². The lowest BCUT2D eigenvalue weighted by Crippen LogP contribution is -2.23. The maximum absolute atomic E-state index is 12.8. The summed E-state index contributed by atoms with van der Waals surface area (Å²) in [5.74, 6) is 0.392. The molecule has 1 aliphatic rings. The number of carbonyl (C=O) groups is 2. The predicted octanol–water partition coefficient (Wildman–Crippen LogP) is 7.18. The molecule has 0 bridgehead atoms. The van der Waals surface area contributed by atoms with Crippen LogP contribution >= 0.6 is 0 Å². The maximum atomic E-state index is 12.8. The van der Waals surface area contributed by atoms with Crippen LogP contribution in [0.3, 0.4) is 0 Å². The van der Waals surface area contributed by atoms with Crippen LogP contribution in [-0.2, 0) is 22.3 Å². The van der Waals surface area contributed by atoms with Gasteiger partial charge in [0.2, 0.25) is 0 Å². The van der Waals surface area contributed by atoms with Crippen LogP contribution in [0.25, 0.3) is 16.8 Å². The lowest BCUT2D eigenvalue weighted by atomic mass is 9.77. The summed E-state index contributed by atoms with van der Waals surface area (Å²) in [5.41, 5.74) is 4.01. The van der Waals surface area contributed by atoms with E-state index in [9.17, 15) is 22.8 Å². The number of imidazole rings is 1. The van der Waals surface area contributed by atoms with Crippen LogP contribution in [0.5, 0.6) is 0 Å². The highest BCUT2D eigenvalue weighted by Crippen LogP contribution is 2.38.